The lowest BCUT2D eigenvalue weighted by Crippen LogP contribution is -2.27. The standard InChI is InChI=1S/C6H13NO2/c1-7-3-6(9)2-5(7)4-8/h5-6,8-9H,2-4H2,1H3/t5-,6+/m0/s1. The molecule has 3 nitrogen and oxygen atoms in total. The van der Waals surface area contributed by atoms with E-state index in [4.69, 9.17) is 10.2 Å². The van der Waals surface area contributed by atoms with Gasteiger partial charge in [0.1, 0.15) is 0 Å². The molecule has 1 saturated heterocycles. The molecule has 0 aromatic rings. The van der Waals surface area contributed by atoms with Gasteiger partial charge >= 0.3 is 0 Å². The zero-order chi connectivity index (χ0) is 6.85. The second kappa shape index (κ2) is 2.64. The minimum absolute atomic E-state index is 0.160. The van der Waals surface area contributed by atoms with Gasteiger partial charge in [-0.1, -0.05) is 0 Å². The highest BCUT2D eigenvalue weighted by atomic mass is 16.3. The van der Waals surface area contributed by atoms with Gasteiger partial charge in [0.15, 0.2) is 0 Å². The van der Waals surface area contributed by atoms with E-state index in [9.17, 15) is 0 Å². The van der Waals surface area contributed by atoms with Crippen LogP contribution in [0.15, 0.2) is 0 Å². The minimum atomic E-state index is -0.229. The summed E-state index contributed by atoms with van der Waals surface area (Å²) < 4.78 is 0. The second-order valence-electron chi connectivity index (χ2n) is 2.67. The fraction of sp³-hybridized carbons (Fsp3) is 1.00. The van der Waals surface area contributed by atoms with Crippen LogP contribution in [0.5, 0.6) is 0 Å². The van der Waals surface area contributed by atoms with Gasteiger partial charge in [-0.3, -0.25) is 4.90 Å². The quantitative estimate of drug-likeness (QED) is 0.482. The second-order valence-corrected chi connectivity index (χ2v) is 2.67. The minimum Gasteiger partial charge on any atom is -0.395 e. The number of nitrogens with zero attached hydrogens (tertiary/aromatic N) is 1. The molecule has 0 aromatic heterocycles. The first-order valence-electron chi connectivity index (χ1n) is 3.23. The van der Waals surface area contributed by atoms with E-state index in [2.05, 4.69) is 0 Å². The number of β-amino-alcohol motifs (C(OH)–C–C–N with tert-alkyl or cyclic N) is 1. The first kappa shape index (κ1) is 6.99. The van der Waals surface area contributed by atoms with Crippen molar-refractivity contribution in [1.29, 1.82) is 0 Å². The number of aliphatic hydroxyl groups is 2. The maximum Gasteiger partial charge on any atom is 0.0682 e. The van der Waals surface area contributed by atoms with E-state index in [-0.39, 0.29) is 18.8 Å². The average molecular weight is 131 g/mol. The molecule has 0 aromatic carbocycles. The summed E-state index contributed by atoms with van der Waals surface area (Å²) in [7, 11) is 1.91. The molecule has 1 rings (SSSR count). The Morgan fingerprint density at radius 3 is 2.56 bits per heavy atom. The number of likely N-dealkylation sites (N-methyl/N-ethyl adjacent to an activating group) is 1. The monoisotopic (exact) mass is 131 g/mol. The van der Waals surface area contributed by atoms with Crippen LogP contribution in [-0.4, -0.2) is 47.5 Å². The molecule has 0 radical (unpaired) electrons. The van der Waals surface area contributed by atoms with Gasteiger partial charge in [0.25, 0.3) is 0 Å². The number of aliphatic hydroxyl groups excluding tert-OH is 2. The molecule has 0 unspecified atom stereocenters. The summed E-state index contributed by atoms with van der Waals surface area (Å²) in [5.41, 5.74) is 0. The number of hydrogen-bond acceptors (Lipinski definition) is 3. The summed E-state index contributed by atoms with van der Waals surface area (Å²) in [5, 5.41) is 17.7. The van der Waals surface area contributed by atoms with E-state index >= 15 is 0 Å². The van der Waals surface area contributed by atoms with Crippen LogP contribution in [-0.2, 0) is 0 Å². The summed E-state index contributed by atoms with van der Waals surface area (Å²) in [6.45, 7) is 0.860. The molecular weight excluding hydrogens is 118 g/mol. The average Bonchev–Trinajstić information content (AvgIpc) is 2.10. The van der Waals surface area contributed by atoms with Gasteiger partial charge in [0.2, 0.25) is 0 Å². The summed E-state index contributed by atoms with van der Waals surface area (Å²) in [6, 6.07) is 0.181. The van der Waals surface area contributed by atoms with Crippen molar-refractivity contribution >= 4 is 0 Å². The lowest BCUT2D eigenvalue weighted by molar-refractivity contribution is 0.180. The Morgan fingerprint density at radius 1 is 1.67 bits per heavy atom. The van der Waals surface area contributed by atoms with E-state index in [0.29, 0.717) is 13.0 Å². The molecule has 1 aliphatic heterocycles. The Kier molecular flexibility index (Phi) is 2.05. The highest BCUT2D eigenvalue weighted by Gasteiger charge is 2.26. The maximum absolute atomic E-state index is 9.05. The highest BCUT2D eigenvalue weighted by molar-refractivity contribution is 4.81. The van der Waals surface area contributed by atoms with Gasteiger partial charge < -0.3 is 10.2 Å². The molecule has 1 fully saturated rings. The predicted octanol–water partition coefficient (Wildman–Crippen LogP) is -0.956. The van der Waals surface area contributed by atoms with Crippen molar-refractivity contribution in [2.75, 3.05) is 20.2 Å². The molecule has 3 heteroatoms. The Hall–Kier alpha value is -0.120. The Morgan fingerprint density at radius 2 is 2.33 bits per heavy atom. The largest absolute Gasteiger partial charge is 0.395 e. The zero-order valence-electron chi connectivity index (χ0n) is 5.62. The van der Waals surface area contributed by atoms with Crippen LogP contribution in [0.2, 0.25) is 0 Å². The summed E-state index contributed by atoms with van der Waals surface area (Å²) in [6.07, 6.45) is 0.486. The third-order valence-corrected chi connectivity index (χ3v) is 1.88. The lowest BCUT2D eigenvalue weighted by Gasteiger charge is -2.14. The van der Waals surface area contributed by atoms with Crippen molar-refractivity contribution in [3.8, 4) is 0 Å². The van der Waals surface area contributed by atoms with Crippen molar-refractivity contribution in [2.24, 2.45) is 0 Å². The summed E-state index contributed by atoms with van der Waals surface area (Å²) in [5.74, 6) is 0. The van der Waals surface area contributed by atoms with Crippen molar-refractivity contribution in [2.45, 2.75) is 18.6 Å². The molecule has 2 N–H and O–H groups in total. The van der Waals surface area contributed by atoms with Crippen LogP contribution in [0.4, 0.5) is 0 Å². The van der Waals surface area contributed by atoms with Crippen molar-refractivity contribution in [3.63, 3.8) is 0 Å². The van der Waals surface area contributed by atoms with Gasteiger partial charge in [0, 0.05) is 12.6 Å². The van der Waals surface area contributed by atoms with Crippen LogP contribution in [0.1, 0.15) is 6.42 Å². The fourth-order valence-electron chi connectivity index (χ4n) is 1.26. The van der Waals surface area contributed by atoms with Crippen molar-refractivity contribution < 1.29 is 10.2 Å². The van der Waals surface area contributed by atoms with Crippen molar-refractivity contribution in [1.82, 2.24) is 4.90 Å². The smallest absolute Gasteiger partial charge is 0.0682 e. The lowest BCUT2D eigenvalue weighted by atomic mass is 10.2. The van der Waals surface area contributed by atoms with E-state index < -0.39 is 0 Å². The van der Waals surface area contributed by atoms with E-state index in [0.717, 1.165) is 0 Å². The summed E-state index contributed by atoms with van der Waals surface area (Å²) in [4.78, 5) is 1.98. The first-order chi connectivity index (χ1) is 4.24. The van der Waals surface area contributed by atoms with Gasteiger partial charge in [-0.25, -0.2) is 0 Å². The zero-order valence-corrected chi connectivity index (χ0v) is 5.62. The molecule has 54 valence electrons. The topological polar surface area (TPSA) is 43.7 Å². The number of likely N-dealkylation sites (tertiary alicyclic amines) is 1. The highest BCUT2D eigenvalue weighted by Crippen LogP contribution is 2.13. The molecule has 0 bridgehead atoms. The van der Waals surface area contributed by atoms with Crippen molar-refractivity contribution in [3.05, 3.63) is 0 Å². The normalized spacial score (nSPS) is 37.7. The van der Waals surface area contributed by atoms with E-state index in [1.807, 2.05) is 11.9 Å². The third-order valence-electron chi connectivity index (χ3n) is 1.88. The third kappa shape index (κ3) is 1.41. The SMILES string of the molecule is CN1C[C@H](O)C[C@H]1CO. The molecule has 0 amide bonds. The Bertz CT molecular complexity index is 97.1. The van der Waals surface area contributed by atoms with Gasteiger partial charge in [-0.2, -0.15) is 0 Å². The number of hydrogen-bond donors (Lipinski definition) is 2. The van der Waals surface area contributed by atoms with E-state index in [1.54, 1.807) is 0 Å². The Labute approximate surface area is 54.9 Å². The molecule has 0 spiro atoms. The van der Waals surface area contributed by atoms with E-state index in [1.165, 1.54) is 0 Å². The molecule has 1 heterocycles. The van der Waals surface area contributed by atoms with Crippen LogP contribution in [0.25, 0.3) is 0 Å². The van der Waals surface area contributed by atoms with Gasteiger partial charge in [-0.15, -0.1) is 0 Å². The molecule has 0 aliphatic carbocycles. The molecule has 9 heavy (non-hydrogen) atoms. The summed E-state index contributed by atoms with van der Waals surface area (Å²) >= 11 is 0. The van der Waals surface area contributed by atoms with Crippen LogP contribution < -0.4 is 0 Å². The first-order valence-corrected chi connectivity index (χ1v) is 3.23. The van der Waals surface area contributed by atoms with Crippen LogP contribution >= 0.6 is 0 Å². The predicted molar refractivity (Wildman–Crippen MR) is 34.1 cm³/mol. The van der Waals surface area contributed by atoms with Gasteiger partial charge in [-0.05, 0) is 13.5 Å². The molecule has 0 saturated carbocycles. The molecule has 1 aliphatic rings. The van der Waals surface area contributed by atoms with Crippen LogP contribution in [0, 0.1) is 0 Å². The van der Waals surface area contributed by atoms with Crippen LogP contribution in [0.3, 0.4) is 0 Å². The maximum atomic E-state index is 9.05. The molecular formula is C6H13NO2. The van der Waals surface area contributed by atoms with Gasteiger partial charge in [0.05, 0.1) is 12.7 Å². The molecule has 2 atom stereocenters. The fourth-order valence-corrected chi connectivity index (χ4v) is 1.26. The number of rotatable bonds is 1. The Balaban J connectivity index is 2.38.